The van der Waals surface area contributed by atoms with E-state index < -0.39 is 0 Å². The molecule has 0 bridgehead atoms. The van der Waals surface area contributed by atoms with E-state index in [-0.39, 0.29) is 0 Å². The molecule has 1 aromatic rings. The Morgan fingerprint density at radius 3 is 2.40 bits per heavy atom. The fraction of sp³-hybridized carbons (Fsp3) is 0. The van der Waals surface area contributed by atoms with Crippen molar-refractivity contribution in [3.8, 4) is 0 Å². The summed E-state index contributed by atoms with van der Waals surface area (Å²) in [6.45, 7) is 0. The molecule has 0 aliphatic heterocycles. The van der Waals surface area contributed by atoms with Crippen LogP contribution in [0.4, 0.5) is 0 Å². The highest BCUT2D eigenvalue weighted by Crippen LogP contribution is 2.01. The fourth-order valence-corrected chi connectivity index (χ4v) is 0.784. The Morgan fingerprint density at radius 1 is 1.10 bits per heavy atom. The number of halogens is 1. The molecule has 0 amide bonds. The minimum absolute atomic E-state index is 1.17. The average Bonchev–Trinajstić information content (AvgIpc) is 2.03. The Hall–Kier alpha value is -0.750. The maximum atomic E-state index is 5.34. The smallest absolute Gasteiger partial charge is 0.0718 e. The van der Waals surface area contributed by atoms with Crippen LogP contribution in [-0.2, 0) is 0 Å². The van der Waals surface area contributed by atoms with Gasteiger partial charge in [0.15, 0.2) is 0 Å². The summed E-state index contributed by atoms with van der Waals surface area (Å²) in [5.41, 5.74) is 1.17. The molecular formula is C9H8Cl. The van der Waals surface area contributed by atoms with Crippen LogP contribution >= 0.6 is 11.6 Å². The largest absolute Gasteiger partial charge is 0.116 e. The van der Waals surface area contributed by atoms with Gasteiger partial charge in [-0.3, -0.25) is 0 Å². The average molecular weight is 152 g/mol. The highest BCUT2D eigenvalue weighted by molar-refractivity contribution is 6.24. The summed E-state index contributed by atoms with van der Waals surface area (Å²) in [5, 5.41) is 0. The van der Waals surface area contributed by atoms with Crippen molar-refractivity contribution in [3.63, 3.8) is 0 Å². The third kappa shape index (κ3) is 2.24. The summed E-state index contributed by atoms with van der Waals surface area (Å²) in [4.78, 5) is 0. The van der Waals surface area contributed by atoms with E-state index in [9.17, 15) is 0 Å². The molecule has 0 saturated carbocycles. The van der Waals surface area contributed by atoms with Gasteiger partial charge in [0.1, 0.15) is 0 Å². The zero-order valence-electron chi connectivity index (χ0n) is 5.50. The van der Waals surface area contributed by atoms with Gasteiger partial charge < -0.3 is 0 Å². The van der Waals surface area contributed by atoms with E-state index in [4.69, 9.17) is 11.6 Å². The molecule has 51 valence electrons. The standard InChI is InChI=1S/C9H8Cl/c10-8-4-7-9-5-2-1-3-6-9/h1-8H/b7-4+. The second-order valence-corrected chi connectivity index (χ2v) is 2.15. The van der Waals surface area contributed by atoms with Gasteiger partial charge >= 0.3 is 0 Å². The Balaban J connectivity index is 2.67. The zero-order chi connectivity index (χ0) is 7.23. The summed E-state index contributed by atoms with van der Waals surface area (Å²) in [7, 11) is 0. The summed E-state index contributed by atoms with van der Waals surface area (Å²) in [6, 6.07) is 10.0. The number of rotatable bonds is 2. The molecule has 0 N–H and O–H groups in total. The quantitative estimate of drug-likeness (QED) is 0.610. The van der Waals surface area contributed by atoms with Crippen molar-refractivity contribution in [2.75, 3.05) is 0 Å². The van der Waals surface area contributed by atoms with E-state index in [2.05, 4.69) is 0 Å². The van der Waals surface area contributed by atoms with E-state index in [1.54, 1.807) is 6.08 Å². The van der Waals surface area contributed by atoms with Crippen LogP contribution < -0.4 is 0 Å². The minimum atomic E-state index is 1.17. The minimum Gasteiger partial charge on any atom is -0.116 e. The van der Waals surface area contributed by atoms with Crippen molar-refractivity contribution in [3.05, 3.63) is 47.9 Å². The molecule has 10 heavy (non-hydrogen) atoms. The van der Waals surface area contributed by atoms with Crippen LogP contribution in [0.1, 0.15) is 5.56 Å². The summed E-state index contributed by atoms with van der Waals surface area (Å²) >= 11 is 5.34. The lowest BCUT2D eigenvalue weighted by Crippen LogP contribution is -1.66. The fourth-order valence-electron chi connectivity index (χ4n) is 0.712. The molecule has 0 unspecified atom stereocenters. The Labute approximate surface area is 66.1 Å². The summed E-state index contributed by atoms with van der Waals surface area (Å²) in [5.74, 6) is 1.49. The van der Waals surface area contributed by atoms with Crippen LogP contribution in [-0.4, -0.2) is 0 Å². The van der Waals surface area contributed by atoms with Gasteiger partial charge in [0.25, 0.3) is 0 Å². The molecule has 0 spiro atoms. The van der Waals surface area contributed by atoms with Crippen LogP contribution in [0.2, 0.25) is 0 Å². The molecule has 0 atom stereocenters. The molecule has 1 aromatic carbocycles. The molecule has 1 heteroatoms. The molecule has 1 rings (SSSR count). The summed E-state index contributed by atoms with van der Waals surface area (Å²) < 4.78 is 0. The highest BCUT2D eigenvalue weighted by Gasteiger charge is 1.79. The third-order valence-electron chi connectivity index (χ3n) is 1.16. The molecule has 1 radical (unpaired) electrons. The van der Waals surface area contributed by atoms with Crippen molar-refractivity contribution >= 4 is 17.7 Å². The maximum absolute atomic E-state index is 5.34. The first kappa shape index (κ1) is 7.36. The van der Waals surface area contributed by atoms with E-state index in [0.29, 0.717) is 0 Å². The second kappa shape index (κ2) is 4.13. The second-order valence-electron chi connectivity index (χ2n) is 1.90. The van der Waals surface area contributed by atoms with Gasteiger partial charge in [-0.2, -0.15) is 0 Å². The van der Waals surface area contributed by atoms with Gasteiger partial charge in [-0.25, -0.2) is 0 Å². The van der Waals surface area contributed by atoms with Crippen molar-refractivity contribution in [2.24, 2.45) is 0 Å². The van der Waals surface area contributed by atoms with Gasteiger partial charge in [0.2, 0.25) is 0 Å². The van der Waals surface area contributed by atoms with Crippen LogP contribution in [0.3, 0.4) is 0 Å². The number of hydrogen-bond acceptors (Lipinski definition) is 0. The van der Waals surface area contributed by atoms with Crippen molar-refractivity contribution in [1.82, 2.24) is 0 Å². The molecule has 0 aromatic heterocycles. The van der Waals surface area contributed by atoms with E-state index in [1.807, 2.05) is 36.4 Å². The van der Waals surface area contributed by atoms with E-state index in [1.165, 1.54) is 11.4 Å². The molecule has 0 saturated heterocycles. The van der Waals surface area contributed by atoms with Gasteiger partial charge in [-0.1, -0.05) is 42.5 Å². The van der Waals surface area contributed by atoms with Crippen LogP contribution in [0, 0.1) is 5.88 Å². The number of benzene rings is 1. The third-order valence-corrected chi connectivity index (χ3v) is 1.31. The monoisotopic (exact) mass is 151 g/mol. The van der Waals surface area contributed by atoms with Crippen molar-refractivity contribution in [1.29, 1.82) is 0 Å². The summed E-state index contributed by atoms with van der Waals surface area (Å²) in [6.07, 6.45) is 3.75. The van der Waals surface area contributed by atoms with Gasteiger partial charge in [-0.15, -0.1) is 11.6 Å². The van der Waals surface area contributed by atoms with Crippen molar-refractivity contribution in [2.45, 2.75) is 0 Å². The van der Waals surface area contributed by atoms with Gasteiger partial charge in [0.05, 0.1) is 5.88 Å². The van der Waals surface area contributed by atoms with Crippen LogP contribution in [0.5, 0.6) is 0 Å². The number of hydrogen-bond donors (Lipinski definition) is 0. The predicted octanol–water partition coefficient (Wildman–Crippen LogP) is 3.10. The normalized spacial score (nSPS) is 10.5. The molecule has 0 nitrogen and oxygen atoms in total. The topological polar surface area (TPSA) is 0 Å². The molecule has 0 heterocycles. The first-order valence-electron chi connectivity index (χ1n) is 3.08. The molecule has 0 fully saturated rings. The van der Waals surface area contributed by atoms with Gasteiger partial charge in [-0.05, 0) is 5.56 Å². The Morgan fingerprint density at radius 2 is 1.80 bits per heavy atom. The SMILES string of the molecule is Cl[CH]/C=C/c1ccccc1. The first-order valence-corrected chi connectivity index (χ1v) is 3.52. The first-order chi connectivity index (χ1) is 4.93. The Kier molecular flexibility index (Phi) is 3.04. The van der Waals surface area contributed by atoms with E-state index in [0.717, 1.165) is 0 Å². The zero-order valence-corrected chi connectivity index (χ0v) is 6.25. The number of allylic oxidation sites excluding steroid dienone is 1. The maximum Gasteiger partial charge on any atom is 0.0718 e. The molecule has 0 aliphatic rings. The lowest BCUT2D eigenvalue weighted by atomic mass is 10.2. The van der Waals surface area contributed by atoms with Crippen LogP contribution in [0.15, 0.2) is 36.4 Å². The highest BCUT2D eigenvalue weighted by atomic mass is 35.5. The Bertz CT molecular complexity index is 201. The van der Waals surface area contributed by atoms with Crippen molar-refractivity contribution < 1.29 is 0 Å². The lowest BCUT2D eigenvalue weighted by molar-refractivity contribution is 1.66. The van der Waals surface area contributed by atoms with Crippen LogP contribution in [0.25, 0.3) is 6.08 Å². The van der Waals surface area contributed by atoms with Gasteiger partial charge in [0, 0.05) is 0 Å². The molecular weight excluding hydrogens is 144 g/mol. The lowest BCUT2D eigenvalue weighted by Gasteiger charge is -1.87. The molecule has 0 aliphatic carbocycles. The van der Waals surface area contributed by atoms with E-state index >= 15 is 0 Å². The predicted molar refractivity (Wildman–Crippen MR) is 45.6 cm³/mol.